The first kappa shape index (κ1) is 27.2. The highest BCUT2D eigenvalue weighted by Crippen LogP contribution is 2.37. The van der Waals surface area contributed by atoms with Crippen molar-refractivity contribution in [1.82, 2.24) is 0 Å². The van der Waals surface area contributed by atoms with Gasteiger partial charge in [0.25, 0.3) is 0 Å². The lowest BCUT2D eigenvalue weighted by Crippen LogP contribution is -2.48. The third-order valence-electron chi connectivity index (χ3n) is 5.86. The monoisotopic (exact) mass is 438 g/mol. The van der Waals surface area contributed by atoms with E-state index in [9.17, 15) is 14.4 Å². The molecule has 0 atom stereocenters. The molecule has 1 saturated carbocycles. The molecule has 0 aromatic rings. The van der Waals surface area contributed by atoms with Crippen LogP contribution in [0.15, 0.2) is 12.7 Å². The Morgan fingerprint density at radius 3 is 2.19 bits per heavy atom. The average molecular weight is 439 g/mol. The minimum atomic E-state index is -1.33. The second kappa shape index (κ2) is 15.0. The molecule has 1 rings (SSSR count). The SMILES string of the molecule is C=CC(=O)OC1(C(=O)OCCCCCCC)CCC(C(=O)OCCCCC(C)C)CC1. The van der Waals surface area contributed by atoms with Gasteiger partial charge in [-0.15, -0.1) is 0 Å². The van der Waals surface area contributed by atoms with Crippen LogP contribution in [0.1, 0.15) is 97.8 Å². The molecule has 1 aliphatic rings. The lowest BCUT2D eigenvalue weighted by molar-refractivity contribution is -0.186. The van der Waals surface area contributed by atoms with Gasteiger partial charge in [-0.1, -0.05) is 59.5 Å². The first-order valence-electron chi connectivity index (χ1n) is 12.0. The maximum absolute atomic E-state index is 12.8. The summed E-state index contributed by atoms with van der Waals surface area (Å²) in [6.07, 6.45) is 10.7. The zero-order chi connectivity index (χ0) is 23.1. The van der Waals surface area contributed by atoms with Crippen LogP contribution in [0.4, 0.5) is 0 Å². The van der Waals surface area contributed by atoms with E-state index in [-0.39, 0.29) is 24.7 Å². The molecular weight excluding hydrogens is 396 g/mol. The Kier molecular flexibility index (Phi) is 13.2. The molecule has 0 heterocycles. The van der Waals surface area contributed by atoms with Gasteiger partial charge >= 0.3 is 17.9 Å². The van der Waals surface area contributed by atoms with Crippen LogP contribution in [-0.2, 0) is 28.6 Å². The molecule has 1 fully saturated rings. The summed E-state index contributed by atoms with van der Waals surface area (Å²) in [5, 5.41) is 0. The van der Waals surface area contributed by atoms with Crippen molar-refractivity contribution in [3.63, 3.8) is 0 Å². The van der Waals surface area contributed by atoms with Crippen molar-refractivity contribution in [2.45, 2.75) is 103 Å². The van der Waals surface area contributed by atoms with Gasteiger partial charge in [-0.3, -0.25) is 4.79 Å². The molecule has 0 radical (unpaired) electrons. The smallest absolute Gasteiger partial charge is 0.350 e. The van der Waals surface area contributed by atoms with E-state index >= 15 is 0 Å². The normalized spacial score (nSPS) is 20.8. The Morgan fingerprint density at radius 1 is 0.968 bits per heavy atom. The summed E-state index contributed by atoms with van der Waals surface area (Å²) in [6, 6.07) is 0. The van der Waals surface area contributed by atoms with Crippen molar-refractivity contribution in [3.8, 4) is 0 Å². The fraction of sp³-hybridized carbons (Fsp3) is 0.800. The van der Waals surface area contributed by atoms with E-state index in [1.807, 2.05) is 0 Å². The van der Waals surface area contributed by atoms with E-state index in [4.69, 9.17) is 14.2 Å². The minimum Gasteiger partial charge on any atom is -0.465 e. The quantitative estimate of drug-likeness (QED) is 0.145. The lowest BCUT2D eigenvalue weighted by Gasteiger charge is -2.36. The Morgan fingerprint density at radius 2 is 1.58 bits per heavy atom. The summed E-state index contributed by atoms with van der Waals surface area (Å²) in [5.74, 6) is -1.01. The predicted octanol–water partition coefficient (Wildman–Crippen LogP) is 5.53. The van der Waals surface area contributed by atoms with E-state index in [1.165, 1.54) is 6.42 Å². The highest BCUT2D eigenvalue weighted by atomic mass is 16.6. The topological polar surface area (TPSA) is 78.9 Å². The van der Waals surface area contributed by atoms with Gasteiger partial charge in [0.1, 0.15) is 0 Å². The summed E-state index contributed by atoms with van der Waals surface area (Å²) >= 11 is 0. The molecule has 0 aromatic heterocycles. The molecule has 0 N–H and O–H groups in total. The number of ether oxygens (including phenoxy) is 3. The molecular formula is C25H42O6. The summed E-state index contributed by atoms with van der Waals surface area (Å²) in [7, 11) is 0. The van der Waals surface area contributed by atoms with Crippen LogP contribution in [0.25, 0.3) is 0 Å². The van der Waals surface area contributed by atoms with Crippen LogP contribution in [0, 0.1) is 11.8 Å². The molecule has 31 heavy (non-hydrogen) atoms. The van der Waals surface area contributed by atoms with Crippen molar-refractivity contribution in [3.05, 3.63) is 12.7 Å². The van der Waals surface area contributed by atoms with Crippen LogP contribution in [0.2, 0.25) is 0 Å². The molecule has 0 unspecified atom stereocenters. The van der Waals surface area contributed by atoms with Crippen molar-refractivity contribution in [1.29, 1.82) is 0 Å². The fourth-order valence-corrected chi connectivity index (χ4v) is 3.85. The van der Waals surface area contributed by atoms with Gasteiger partial charge < -0.3 is 14.2 Å². The first-order chi connectivity index (χ1) is 14.8. The summed E-state index contributed by atoms with van der Waals surface area (Å²) in [5.41, 5.74) is -1.33. The van der Waals surface area contributed by atoms with Crippen molar-refractivity contribution in [2.75, 3.05) is 13.2 Å². The van der Waals surface area contributed by atoms with E-state index in [2.05, 4.69) is 27.4 Å². The maximum Gasteiger partial charge on any atom is 0.350 e. The molecule has 0 saturated heterocycles. The standard InChI is InChI=1S/C25H42O6/c1-5-7-8-9-11-19-30-24(28)25(31-22(26)6-2)16-14-21(15-17-25)23(27)29-18-12-10-13-20(3)4/h6,20-21H,2,5,7-19H2,1,3-4H3. The van der Waals surface area contributed by atoms with Crippen LogP contribution < -0.4 is 0 Å². The van der Waals surface area contributed by atoms with Gasteiger partial charge in [0.2, 0.25) is 5.60 Å². The Hall–Kier alpha value is -1.85. The largest absolute Gasteiger partial charge is 0.465 e. The molecule has 0 aromatic carbocycles. The second-order valence-electron chi connectivity index (χ2n) is 9.00. The van der Waals surface area contributed by atoms with Crippen LogP contribution in [0.5, 0.6) is 0 Å². The Bertz CT molecular complexity index is 560. The van der Waals surface area contributed by atoms with Gasteiger partial charge in [0.05, 0.1) is 19.1 Å². The molecule has 0 spiro atoms. The van der Waals surface area contributed by atoms with Crippen LogP contribution in [-0.4, -0.2) is 36.7 Å². The minimum absolute atomic E-state index is 0.225. The molecule has 0 amide bonds. The van der Waals surface area contributed by atoms with Gasteiger partial charge in [-0.25, -0.2) is 9.59 Å². The van der Waals surface area contributed by atoms with Gasteiger partial charge in [-0.2, -0.15) is 0 Å². The molecule has 6 heteroatoms. The number of carbonyl (C=O) groups is 3. The number of hydrogen-bond donors (Lipinski definition) is 0. The fourth-order valence-electron chi connectivity index (χ4n) is 3.85. The number of esters is 3. The van der Waals surface area contributed by atoms with Crippen LogP contribution in [0.3, 0.4) is 0 Å². The average Bonchev–Trinajstić information content (AvgIpc) is 2.75. The second-order valence-corrected chi connectivity index (χ2v) is 9.00. The van der Waals surface area contributed by atoms with E-state index < -0.39 is 17.5 Å². The van der Waals surface area contributed by atoms with Crippen molar-refractivity contribution < 1.29 is 28.6 Å². The molecule has 0 aliphatic heterocycles. The Labute approximate surface area is 188 Å². The number of carbonyl (C=O) groups excluding carboxylic acids is 3. The van der Waals surface area contributed by atoms with E-state index in [0.717, 1.165) is 51.0 Å². The third kappa shape index (κ3) is 10.3. The van der Waals surface area contributed by atoms with Crippen LogP contribution >= 0.6 is 0 Å². The zero-order valence-electron chi connectivity index (χ0n) is 19.8. The maximum atomic E-state index is 12.8. The first-order valence-corrected chi connectivity index (χ1v) is 12.0. The van der Waals surface area contributed by atoms with Crippen molar-refractivity contribution in [2.24, 2.45) is 11.8 Å². The van der Waals surface area contributed by atoms with E-state index in [1.54, 1.807) is 0 Å². The third-order valence-corrected chi connectivity index (χ3v) is 5.86. The number of unbranched alkanes of at least 4 members (excludes halogenated alkanes) is 5. The number of rotatable bonds is 15. The van der Waals surface area contributed by atoms with Gasteiger partial charge in [-0.05, 0) is 50.9 Å². The zero-order valence-corrected chi connectivity index (χ0v) is 19.8. The summed E-state index contributed by atoms with van der Waals surface area (Å²) < 4.78 is 16.3. The summed E-state index contributed by atoms with van der Waals surface area (Å²) in [6.45, 7) is 10.7. The molecule has 6 nitrogen and oxygen atoms in total. The van der Waals surface area contributed by atoms with E-state index in [0.29, 0.717) is 32.0 Å². The predicted molar refractivity (Wildman–Crippen MR) is 120 cm³/mol. The molecule has 0 bridgehead atoms. The Balaban J connectivity index is 2.51. The molecule has 1 aliphatic carbocycles. The van der Waals surface area contributed by atoms with Gasteiger partial charge in [0.15, 0.2) is 0 Å². The highest BCUT2D eigenvalue weighted by molar-refractivity contribution is 5.88. The van der Waals surface area contributed by atoms with Crippen molar-refractivity contribution >= 4 is 17.9 Å². The lowest BCUT2D eigenvalue weighted by atomic mass is 9.78. The molecule has 178 valence electrons. The summed E-state index contributed by atoms with van der Waals surface area (Å²) in [4.78, 5) is 37.0. The highest BCUT2D eigenvalue weighted by Gasteiger charge is 2.48. The number of hydrogen-bond acceptors (Lipinski definition) is 6. The van der Waals surface area contributed by atoms with Gasteiger partial charge in [0, 0.05) is 6.08 Å².